The van der Waals surface area contributed by atoms with Crippen molar-refractivity contribution in [3.63, 3.8) is 0 Å². The zero-order valence-electron chi connectivity index (χ0n) is 13.1. The first kappa shape index (κ1) is 14.7. The predicted molar refractivity (Wildman–Crippen MR) is 94.1 cm³/mol. The molecule has 1 aliphatic carbocycles. The van der Waals surface area contributed by atoms with Crippen molar-refractivity contribution >= 4 is 28.6 Å². The molecular formula is C18H21N3OS. The number of aryl methyl sites for hydroxylation is 1. The van der Waals surface area contributed by atoms with Gasteiger partial charge in [-0.05, 0) is 56.4 Å². The summed E-state index contributed by atoms with van der Waals surface area (Å²) < 4.78 is 0. The number of nitrogens with one attached hydrogen (secondary N) is 1. The SMILES string of the molecule is O=C(Nc1ccc(N2CCCC2)cc1)C1CCc2ncsc2C1. The lowest BCUT2D eigenvalue weighted by Gasteiger charge is -2.21. The van der Waals surface area contributed by atoms with Gasteiger partial charge in [-0.2, -0.15) is 0 Å². The number of carbonyl (C=O) groups excluding carboxylic acids is 1. The summed E-state index contributed by atoms with van der Waals surface area (Å²) in [5.74, 6) is 0.208. The Morgan fingerprint density at radius 1 is 1.22 bits per heavy atom. The third-order valence-corrected chi connectivity index (χ3v) is 5.76. The van der Waals surface area contributed by atoms with Crippen LogP contribution in [-0.4, -0.2) is 24.0 Å². The van der Waals surface area contributed by atoms with Crippen molar-refractivity contribution < 1.29 is 4.79 Å². The second kappa shape index (κ2) is 6.32. The van der Waals surface area contributed by atoms with Crippen LogP contribution < -0.4 is 10.2 Å². The minimum absolute atomic E-state index is 0.0706. The minimum atomic E-state index is 0.0706. The van der Waals surface area contributed by atoms with Crippen molar-refractivity contribution in [3.8, 4) is 0 Å². The second-order valence-corrected chi connectivity index (χ2v) is 7.33. The lowest BCUT2D eigenvalue weighted by molar-refractivity contribution is -0.120. The van der Waals surface area contributed by atoms with E-state index >= 15 is 0 Å². The van der Waals surface area contributed by atoms with Gasteiger partial charge in [-0.25, -0.2) is 4.98 Å². The quantitative estimate of drug-likeness (QED) is 0.938. The fraction of sp³-hybridized carbons (Fsp3) is 0.444. The Morgan fingerprint density at radius 2 is 2.00 bits per heavy atom. The number of nitrogens with zero attached hydrogens (tertiary/aromatic N) is 2. The summed E-state index contributed by atoms with van der Waals surface area (Å²) >= 11 is 1.67. The molecule has 1 amide bonds. The molecule has 1 N–H and O–H groups in total. The van der Waals surface area contributed by atoms with E-state index in [9.17, 15) is 4.79 Å². The van der Waals surface area contributed by atoms with Crippen molar-refractivity contribution in [3.05, 3.63) is 40.3 Å². The summed E-state index contributed by atoms with van der Waals surface area (Å²) in [5, 5.41) is 3.08. The van der Waals surface area contributed by atoms with Crippen LogP contribution >= 0.6 is 11.3 Å². The topological polar surface area (TPSA) is 45.2 Å². The van der Waals surface area contributed by atoms with E-state index in [1.54, 1.807) is 11.3 Å². The van der Waals surface area contributed by atoms with Crippen LogP contribution in [0.15, 0.2) is 29.8 Å². The standard InChI is InChI=1S/C18H21N3OS/c22-18(13-3-8-16-17(11-13)23-12-19-16)20-14-4-6-15(7-5-14)21-9-1-2-10-21/h4-7,12-13H,1-3,8-11H2,(H,20,22). The molecule has 5 heteroatoms. The van der Waals surface area contributed by atoms with Gasteiger partial charge in [0.25, 0.3) is 0 Å². The van der Waals surface area contributed by atoms with Crippen molar-refractivity contribution in [2.75, 3.05) is 23.3 Å². The Labute approximate surface area is 140 Å². The minimum Gasteiger partial charge on any atom is -0.372 e. The molecule has 1 saturated heterocycles. The number of hydrogen-bond donors (Lipinski definition) is 1. The van der Waals surface area contributed by atoms with E-state index in [0.29, 0.717) is 0 Å². The number of amides is 1. The maximum absolute atomic E-state index is 12.5. The Balaban J connectivity index is 1.39. The monoisotopic (exact) mass is 327 g/mol. The van der Waals surface area contributed by atoms with Gasteiger partial charge in [-0.1, -0.05) is 0 Å². The number of fused-ring (bicyclic) bond motifs is 1. The molecule has 1 aromatic heterocycles. The third kappa shape index (κ3) is 3.11. The van der Waals surface area contributed by atoms with E-state index in [1.807, 2.05) is 17.6 Å². The Bertz CT molecular complexity index is 689. The molecular weight excluding hydrogens is 306 g/mol. The molecule has 2 aliphatic rings. The van der Waals surface area contributed by atoms with Crippen molar-refractivity contribution in [2.45, 2.75) is 32.1 Å². The lowest BCUT2D eigenvalue weighted by Crippen LogP contribution is -2.27. The number of hydrogen-bond acceptors (Lipinski definition) is 4. The number of benzene rings is 1. The van der Waals surface area contributed by atoms with Gasteiger partial charge in [0, 0.05) is 35.3 Å². The molecule has 23 heavy (non-hydrogen) atoms. The zero-order chi connectivity index (χ0) is 15.6. The molecule has 4 rings (SSSR count). The van der Waals surface area contributed by atoms with Gasteiger partial charge in [0.05, 0.1) is 11.2 Å². The number of thiazole rings is 1. The summed E-state index contributed by atoms with van der Waals surface area (Å²) in [6.45, 7) is 2.29. The van der Waals surface area contributed by atoms with Gasteiger partial charge in [0.15, 0.2) is 0 Å². The summed E-state index contributed by atoms with van der Waals surface area (Å²) in [6.07, 6.45) is 5.20. The van der Waals surface area contributed by atoms with Gasteiger partial charge in [0.1, 0.15) is 0 Å². The van der Waals surface area contributed by atoms with Crippen molar-refractivity contribution in [2.24, 2.45) is 5.92 Å². The number of aromatic nitrogens is 1. The van der Waals surface area contributed by atoms with E-state index in [2.05, 4.69) is 27.3 Å². The van der Waals surface area contributed by atoms with Gasteiger partial charge in [-0.3, -0.25) is 4.79 Å². The molecule has 0 saturated carbocycles. The van der Waals surface area contributed by atoms with Crippen LogP contribution in [0.5, 0.6) is 0 Å². The van der Waals surface area contributed by atoms with Crippen LogP contribution in [0.25, 0.3) is 0 Å². The maximum atomic E-state index is 12.5. The second-order valence-electron chi connectivity index (χ2n) is 6.39. The molecule has 1 aliphatic heterocycles. The van der Waals surface area contributed by atoms with Crippen LogP contribution in [0.2, 0.25) is 0 Å². The summed E-state index contributed by atoms with van der Waals surface area (Å²) in [6, 6.07) is 8.27. The normalized spacial score (nSPS) is 20.3. The molecule has 1 fully saturated rings. The number of carbonyl (C=O) groups is 1. The first-order valence-corrected chi connectivity index (χ1v) is 9.25. The lowest BCUT2D eigenvalue weighted by atomic mass is 9.90. The number of rotatable bonds is 3. The highest BCUT2D eigenvalue weighted by Gasteiger charge is 2.26. The third-order valence-electron chi connectivity index (χ3n) is 4.86. The predicted octanol–water partition coefficient (Wildman–Crippen LogP) is 3.49. The highest BCUT2D eigenvalue weighted by Crippen LogP contribution is 2.29. The van der Waals surface area contributed by atoms with Gasteiger partial charge in [0.2, 0.25) is 5.91 Å². The smallest absolute Gasteiger partial charge is 0.227 e. The first-order chi connectivity index (χ1) is 11.3. The highest BCUT2D eigenvalue weighted by atomic mass is 32.1. The van der Waals surface area contributed by atoms with E-state index in [1.165, 1.54) is 29.1 Å². The van der Waals surface area contributed by atoms with Crippen LogP contribution in [0, 0.1) is 5.92 Å². The number of anilines is 2. The Kier molecular flexibility index (Phi) is 4.04. The average molecular weight is 327 g/mol. The van der Waals surface area contributed by atoms with Crippen LogP contribution in [-0.2, 0) is 17.6 Å². The molecule has 4 nitrogen and oxygen atoms in total. The van der Waals surface area contributed by atoms with Crippen molar-refractivity contribution in [1.29, 1.82) is 0 Å². The molecule has 1 aromatic carbocycles. The van der Waals surface area contributed by atoms with Crippen LogP contribution in [0.3, 0.4) is 0 Å². The zero-order valence-corrected chi connectivity index (χ0v) is 13.9. The fourth-order valence-electron chi connectivity index (χ4n) is 3.50. The largest absolute Gasteiger partial charge is 0.372 e. The van der Waals surface area contributed by atoms with E-state index < -0.39 is 0 Å². The van der Waals surface area contributed by atoms with E-state index in [4.69, 9.17) is 0 Å². The van der Waals surface area contributed by atoms with Gasteiger partial charge in [-0.15, -0.1) is 11.3 Å². The molecule has 120 valence electrons. The molecule has 1 atom stereocenters. The summed E-state index contributed by atoms with van der Waals surface area (Å²) in [5.41, 5.74) is 5.23. The molecule has 2 aromatic rings. The molecule has 0 spiro atoms. The van der Waals surface area contributed by atoms with E-state index in [0.717, 1.165) is 38.0 Å². The molecule has 0 bridgehead atoms. The first-order valence-electron chi connectivity index (χ1n) is 8.37. The van der Waals surface area contributed by atoms with E-state index in [-0.39, 0.29) is 11.8 Å². The van der Waals surface area contributed by atoms with Crippen LogP contribution in [0.1, 0.15) is 29.8 Å². The van der Waals surface area contributed by atoms with Crippen molar-refractivity contribution in [1.82, 2.24) is 4.98 Å². The highest BCUT2D eigenvalue weighted by molar-refractivity contribution is 7.09. The summed E-state index contributed by atoms with van der Waals surface area (Å²) in [4.78, 5) is 20.5. The van der Waals surface area contributed by atoms with Crippen LogP contribution in [0.4, 0.5) is 11.4 Å². The van der Waals surface area contributed by atoms with Gasteiger partial charge >= 0.3 is 0 Å². The van der Waals surface area contributed by atoms with Gasteiger partial charge < -0.3 is 10.2 Å². The average Bonchev–Trinajstić information content (AvgIpc) is 3.26. The fourth-order valence-corrected chi connectivity index (χ4v) is 4.39. The Morgan fingerprint density at radius 3 is 2.78 bits per heavy atom. The summed E-state index contributed by atoms with van der Waals surface area (Å²) in [7, 11) is 0. The molecule has 2 heterocycles. The molecule has 0 radical (unpaired) electrons. The molecule has 1 unspecified atom stereocenters. The maximum Gasteiger partial charge on any atom is 0.227 e. The Hall–Kier alpha value is -1.88.